The van der Waals surface area contributed by atoms with E-state index >= 15 is 0 Å². The molecule has 1 N–H and O–H groups in total. The van der Waals surface area contributed by atoms with Gasteiger partial charge >= 0.3 is 0 Å². The summed E-state index contributed by atoms with van der Waals surface area (Å²) in [5, 5.41) is 10.4. The fourth-order valence-electron chi connectivity index (χ4n) is 2.33. The maximum Gasteiger partial charge on any atom is 0.183 e. The molecule has 0 bridgehead atoms. The second-order valence-electron chi connectivity index (χ2n) is 5.40. The Morgan fingerprint density at radius 2 is 2.00 bits per heavy atom. The highest BCUT2D eigenvalue weighted by Gasteiger charge is 2.45. The molecule has 0 radical (unpaired) electrons. The molecule has 1 fully saturated rings. The molecule has 0 spiro atoms. The molecule has 2 rings (SSSR count). The summed E-state index contributed by atoms with van der Waals surface area (Å²) in [6.07, 6.45) is -2.33. The maximum absolute atomic E-state index is 12.3. The van der Waals surface area contributed by atoms with Gasteiger partial charge in [-0.3, -0.25) is 4.79 Å². The fraction of sp³-hybridized carbons (Fsp3) is 0.533. The second kappa shape index (κ2) is 6.42. The van der Waals surface area contributed by atoms with Crippen molar-refractivity contribution in [3.63, 3.8) is 0 Å². The number of ketones is 1. The quantitative estimate of drug-likeness (QED) is 0.668. The van der Waals surface area contributed by atoms with Crippen molar-refractivity contribution in [1.82, 2.24) is 0 Å². The van der Waals surface area contributed by atoms with Crippen molar-refractivity contribution in [1.29, 1.82) is 0 Å². The van der Waals surface area contributed by atoms with Gasteiger partial charge in [0.1, 0.15) is 6.10 Å². The third-order valence-electron chi connectivity index (χ3n) is 3.30. The Kier molecular flexibility index (Phi) is 5.01. The van der Waals surface area contributed by atoms with Crippen molar-refractivity contribution >= 4 is 17.4 Å². The first-order chi connectivity index (χ1) is 9.82. The molecule has 6 heteroatoms. The molecule has 116 valence electrons. The summed E-state index contributed by atoms with van der Waals surface area (Å²) >= 11 is 5.80. The van der Waals surface area contributed by atoms with Crippen LogP contribution in [0.15, 0.2) is 24.3 Å². The number of hydrogen-bond donors (Lipinski definition) is 1. The molecular weight excluding hydrogens is 296 g/mol. The van der Waals surface area contributed by atoms with Gasteiger partial charge in [-0.05, 0) is 38.1 Å². The minimum atomic E-state index is -1.14. The lowest BCUT2D eigenvalue weighted by atomic mass is 10.0. The van der Waals surface area contributed by atoms with Gasteiger partial charge < -0.3 is 19.3 Å². The second-order valence-corrected chi connectivity index (χ2v) is 5.84. The minimum Gasteiger partial charge on any atom is -0.366 e. The van der Waals surface area contributed by atoms with Gasteiger partial charge in [-0.2, -0.15) is 0 Å². The molecule has 1 aromatic rings. The number of methoxy groups -OCH3 is 1. The molecule has 5 nitrogen and oxygen atoms in total. The summed E-state index contributed by atoms with van der Waals surface area (Å²) in [5.41, 5.74) is 0.540. The van der Waals surface area contributed by atoms with Crippen LogP contribution in [-0.2, 0) is 14.2 Å². The van der Waals surface area contributed by atoms with E-state index in [2.05, 4.69) is 0 Å². The summed E-state index contributed by atoms with van der Waals surface area (Å²) < 4.78 is 16.2. The number of benzene rings is 1. The summed E-state index contributed by atoms with van der Waals surface area (Å²) in [6, 6.07) is 6.64. The highest BCUT2D eigenvalue weighted by atomic mass is 35.5. The molecule has 1 aliphatic heterocycles. The largest absolute Gasteiger partial charge is 0.366 e. The molecule has 0 aromatic heterocycles. The van der Waals surface area contributed by atoms with Crippen LogP contribution >= 0.6 is 11.6 Å². The summed E-state index contributed by atoms with van der Waals surface area (Å²) in [5.74, 6) is -0.971. The molecule has 1 aliphatic rings. The molecule has 1 saturated heterocycles. The first kappa shape index (κ1) is 16.4. The van der Waals surface area contributed by atoms with Crippen LogP contribution in [0.25, 0.3) is 0 Å². The molecule has 1 heterocycles. The van der Waals surface area contributed by atoms with Gasteiger partial charge in [-0.1, -0.05) is 11.6 Å². The van der Waals surface area contributed by atoms with Gasteiger partial charge in [0.15, 0.2) is 17.9 Å². The van der Waals surface area contributed by atoms with Crippen molar-refractivity contribution in [3.8, 4) is 0 Å². The Labute approximate surface area is 128 Å². The van der Waals surface area contributed by atoms with E-state index in [0.717, 1.165) is 0 Å². The monoisotopic (exact) mass is 314 g/mol. The Morgan fingerprint density at radius 1 is 1.38 bits per heavy atom. The number of aliphatic hydroxyl groups is 1. The Morgan fingerprint density at radius 3 is 2.57 bits per heavy atom. The number of hydrogen-bond acceptors (Lipinski definition) is 5. The number of Topliss-reactive ketones (excluding diaryl/α,β-unsaturated/α-hetero) is 1. The molecule has 21 heavy (non-hydrogen) atoms. The number of aliphatic hydroxyl groups excluding tert-OH is 1. The van der Waals surface area contributed by atoms with Crippen LogP contribution in [0.2, 0.25) is 5.02 Å². The van der Waals surface area contributed by atoms with E-state index < -0.39 is 24.3 Å². The van der Waals surface area contributed by atoms with E-state index in [1.165, 1.54) is 7.11 Å². The average Bonchev–Trinajstić information content (AvgIpc) is 2.73. The van der Waals surface area contributed by atoms with Crippen LogP contribution in [0.5, 0.6) is 0 Å². The molecule has 3 unspecified atom stereocenters. The predicted octanol–water partition coefficient (Wildman–Crippen LogP) is 2.40. The molecular formula is C15H19ClO5. The van der Waals surface area contributed by atoms with E-state index in [1.54, 1.807) is 38.1 Å². The van der Waals surface area contributed by atoms with Crippen molar-refractivity contribution in [2.24, 2.45) is 0 Å². The van der Waals surface area contributed by atoms with Gasteiger partial charge in [0.25, 0.3) is 0 Å². The van der Waals surface area contributed by atoms with Crippen molar-refractivity contribution < 1.29 is 24.1 Å². The van der Waals surface area contributed by atoms with E-state index in [4.69, 9.17) is 25.8 Å². The van der Waals surface area contributed by atoms with Crippen molar-refractivity contribution in [2.75, 3.05) is 7.11 Å². The van der Waals surface area contributed by atoms with Crippen molar-refractivity contribution in [2.45, 2.75) is 44.6 Å². The predicted molar refractivity (Wildman–Crippen MR) is 77.2 cm³/mol. The number of carbonyl (C=O) groups is 1. The van der Waals surface area contributed by atoms with E-state index in [9.17, 15) is 9.90 Å². The van der Waals surface area contributed by atoms with Crippen LogP contribution in [0.1, 0.15) is 30.6 Å². The lowest BCUT2D eigenvalue weighted by Crippen LogP contribution is -2.37. The summed E-state index contributed by atoms with van der Waals surface area (Å²) in [7, 11) is 1.37. The summed E-state index contributed by atoms with van der Waals surface area (Å²) in [6.45, 7) is 3.46. The number of rotatable bonds is 5. The Hall–Kier alpha value is -0.980. The fourth-order valence-corrected chi connectivity index (χ4v) is 2.46. The van der Waals surface area contributed by atoms with E-state index in [-0.39, 0.29) is 12.2 Å². The van der Waals surface area contributed by atoms with Gasteiger partial charge in [-0.25, -0.2) is 0 Å². The number of carbonyl (C=O) groups excluding carboxylic acids is 1. The minimum absolute atomic E-state index is 0.0934. The number of halogens is 1. The van der Waals surface area contributed by atoms with Gasteiger partial charge in [0.2, 0.25) is 0 Å². The smallest absolute Gasteiger partial charge is 0.183 e. The lowest BCUT2D eigenvalue weighted by Gasteiger charge is -2.20. The standard InChI is InChI=1S/C15H19ClO5/c1-15(2)20-12(13(21-15)14(18)19-3)8-11(17)9-4-6-10(16)7-5-9/h4-7,12-14,18H,8H2,1-3H3. The third-order valence-corrected chi connectivity index (χ3v) is 3.55. The summed E-state index contributed by atoms with van der Waals surface area (Å²) in [4.78, 5) is 12.3. The average molecular weight is 315 g/mol. The van der Waals surface area contributed by atoms with Crippen LogP contribution in [0, 0.1) is 0 Å². The molecule has 0 amide bonds. The zero-order valence-corrected chi connectivity index (χ0v) is 13.0. The zero-order valence-electron chi connectivity index (χ0n) is 12.2. The molecule has 0 saturated carbocycles. The zero-order chi connectivity index (χ0) is 15.6. The van der Waals surface area contributed by atoms with E-state index in [0.29, 0.717) is 10.6 Å². The SMILES string of the molecule is COC(O)C1OC(C)(C)OC1CC(=O)c1ccc(Cl)cc1. The Balaban J connectivity index is 2.09. The lowest BCUT2D eigenvalue weighted by molar-refractivity contribution is -0.191. The first-order valence-corrected chi connectivity index (χ1v) is 7.05. The highest BCUT2D eigenvalue weighted by Crippen LogP contribution is 2.32. The number of ether oxygens (including phenoxy) is 3. The van der Waals surface area contributed by atoms with Gasteiger partial charge in [-0.15, -0.1) is 0 Å². The Bertz CT molecular complexity index is 499. The molecule has 1 aromatic carbocycles. The van der Waals surface area contributed by atoms with E-state index in [1.807, 2.05) is 0 Å². The van der Waals surface area contributed by atoms with Gasteiger partial charge in [0, 0.05) is 24.1 Å². The molecule has 3 atom stereocenters. The van der Waals surface area contributed by atoms with Gasteiger partial charge in [0.05, 0.1) is 6.10 Å². The normalized spacial score (nSPS) is 25.8. The van der Waals surface area contributed by atoms with Crippen LogP contribution in [0.3, 0.4) is 0 Å². The molecule has 0 aliphatic carbocycles. The van der Waals surface area contributed by atoms with Crippen LogP contribution in [-0.4, -0.2) is 42.3 Å². The topological polar surface area (TPSA) is 65.0 Å². The maximum atomic E-state index is 12.3. The third kappa shape index (κ3) is 4.02. The van der Waals surface area contributed by atoms with Crippen molar-refractivity contribution in [3.05, 3.63) is 34.9 Å². The first-order valence-electron chi connectivity index (χ1n) is 6.67. The highest BCUT2D eigenvalue weighted by molar-refractivity contribution is 6.30. The van der Waals surface area contributed by atoms with Crippen LogP contribution in [0.4, 0.5) is 0 Å². The van der Waals surface area contributed by atoms with Crippen LogP contribution < -0.4 is 0 Å².